The Bertz CT molecular complexity index is 450. The third kappa shape index (κ3) is 4.73. The van der Waals surface area contributed by atoms with Crippen LogP contribution >= 0.6 is 0 Å². The van der Waals surface area contributed by atoms with Crippen LogP contribution in [-0.2, 0) is 4.79 Å². The van der Waals surface area contributed by atoms with Gasteiger partial charge in [0.1, 0.15) is 0 Å². The Morgan fingerprint density at radius 2 is 1.89 bits per heavy atom. The third-order valence-corrected chi connectivity index (χ3v) is 3.14. The van der Waals surface area contributed by atoms with Gasteiger partial charge in [-0.25, -0.2) is 0 Å². The number of rotatable bonds is 7. The fourth-order valence-corrected chi connectivity index (χ4v) is 1.83. The highest BCUT2D eigenvalue weighted by atomic mass is 16.1. The van der Waals surface area contributed by atoms with Crippen molar-refractivity contribution in [2.75, 3.05) is 11.9 Å². The van der Waals surface area contributed by atoms with E-state index >= 15 is 0 Å². The molecule has 1 saturated carbocycles. The first-order chi connectivity index (χ1) is 9.15. The Morgan fingerprint density at radius 3 is 2.47 bits per heavy atom. The Morgan fingerprint density at radius 1 is 1.21 bits per heavy atom. The molecular formula is C15H20N2O2. The minimum absolute atomic E-state index is 0.0725. The molecule has 1 aromatic rings. The molecule has 0 aliphatic heterocycles. The molecule has 19 heavy (non-hydrogen) atoms. The van der Waals surface area contributed by atoms with E-state index in [4.69, 9.17) is 0 Å². The zero-order chi connectivity index (χ0) is 13.7. The number of Topliss-reactive ketones (excluding diaryl/α,β-unsaturated/α-hetero) is 1. The van der Waals surface area contributed by atoms with Gasteiger partial charge in [-0.05, 0) is 50.5 Å². The lowest BCUT2D eigenvalue weighted by Gasteiger charge is -2.07. The van der Waals surface area contributed by atoms with E-state index in [1.807, 2.05) is 24.3 Å². The van der Waals surface area contributed by atoms with Gasteiger partial charge in [0, 0.05) is 30.3 Å². The summed E-state index contributed by atoms with van der Waals surface area (Å²) in [6.07, 6.45) is 3.64. The first-order valence-corrected chi connectivity index (χ1v) is 6.79. The molecule has 0 bridgehead atoms. The van der Waals surface area contributed by atoms with Crippen LogP contribution in [-0.4, -0.2) is 24.3 Å². The monoisotopic (exact) mass is 260 g/mol. The molecule has 0 aromatic heterocycles. The van der Waals surface area contributed by atoms with E-state index in [0.29, 0.717) is 12.5 Å². The average molecular weight is 260 g/mol. The molecule has 4 heteroatoms. The lowest BCUT2D eigenvalue weighted by atomic mass is 10.1. The van der Waals surface area contributed by atoms with Crippen molar-refractivity contribution < 1.29 is 9.59 Å². The number of anilines is 1. The number of hydrogen-bond donors (Lipinski definition) is 2. The quantitative estimate of drug-likeness (QED) is 0.584. The number of ketones is 1. The third-order valence-electron chi connectivity index (χ3n) is 3.14. The second-order valence-corrected chi connectivity index (χ2v) is 5.01. The van der Waals surface area contributed by atoms with E-state index < -0.39 is 0 Å². The van der Waals surface area contributed by atoms with Gasteiger partial charge in [-0.15, -0.1) is 0 Å². The molecule has 2 rings (SSSR count). The number of benzene rings is 1. The van der Waals surface area contributed by atoms with Crippen molar-refractivity contribution in [3.8, 4) is 0 Å². The van der Waals surface area contributed by atoms with Gasteiger partial charge in [0.2, 0.25) is 5.91 Å². The van der Waals surface area contributed by atoms with Crippen LogP contribution in [0.25, 0.3) is 0 Å². The molecule has 0 atom stereocenters. The fourth-order valence-electron chi connectivity index (χ4n) is 1.83. The Balaban J connectivity index is 1.64. The summed E-state index contributed by atoms with van der Waals surface area (Å²) in [6, 6.07) is 7.84. The number of carbonyl (C=O) groups excluding carboxylic acids is 2. The molecule has 0 saturated heterocycles. The van der Waals surface area contributed by atoms with Gasteiger partial charge < -0.3 is 10.6 Å². The van der Waals surface area contributed by atoms with E-state index in [2.05, 4.69) is 10.6 Å². The van der Waals surface area contributed by atoms with Gasteiger partial charge >= 0.3 is 0 Å². The van der Waals surface area contributed by atoms with Gasteiger partial charge in [0.05, 0.1) is 0 Å². The highest BCUT2D eigenvalue weighted by Gasteiger charge is 2.22. The summed E-state index contributed by atoms with van der Waals surface area (Å²) in [4.78, 5) is 22.6. The minimum atomic E-state index is 0.0725. The first-order valence-electron chi connectivity index (χ1n) is 6.79. The minimum Gasteiger partial charge on any atom is -0.385 e. The molecule has 0 radical (unpaired) electrons. The molecule has 102 valence electrons. The zero-order valence-electron chi connectivity index (χ0n) is 11.2. The van der Waals surface area contributed by atoms with Gasteiger partial charge in [-0.3, -0.25) is 9.59 Å². The van der Waals surface area contributed by atoms with E-state index in [1.54, 1.807) is 6.92 Å². The maximum Gasteiger partial charge on any atom is 0.220 e. The predicted molar refractivity (Wildman–Crippen MR) is 75.3 cm³/mol. The summed E-state index contributed by atoms with van der Waals surface area (Å²) in [5.41, 5.74) is 1.70. The van der Waals surface area contributed by atoms with Crippen LogP contribution in [0.3, 0.4) is 0 Å². The Hall–Kier alpha value is -1.84. The SMILES string of the molecule is CC(=O)c1ccc(NCCCC(=O)NC2CC2)cc1. The molecule has 1 aromatic carbocycles. The van der Waals surface area contributed by atoms with Gasteiger partial charge in [0.25, 0.3) is 0 Å². The van der Waals surface area contributed by atoms with Crippen LogP contribution in [0.15, 0.2) is 24.3 Å². The summed E-state index contributed by atoms with van der Waals surface area (Å²) in [5.74, 6) is 0.222. The molecule has 1 aliphatic rings. The summed E-state index contributed by atoms with van der Waals surface area (Å²) in [5, 5.41) is 6.21. The van der Waals surface area contributed by atoms with Crippen LogP contribution in [0.2, 0.25) is 0 Å². The van der Waals surface area contributed by atoms with Crippen LogP contribution in [0.1, 0.15) is 43.0 Å². The highest BCUT2D eigenvalue weighted by molar-refractivity contribution is 5.94. The second-order valence-electron chi connectivity index (χ2n) is 5.01. The standard InChI is InChI=1S/C15H20N2O2/c1-11(18)12-4-6-13(7-5-12)16-10-2-3-15(19)17-14-8-9-14/h4-7,14,16H,2-3,8-10H2,1H3,(H,17,19). The smallest absolute Gasteiger partial charge is 0.220 e. The van der Waals surface area contributed by atoms with Crippen LogP contribution in [0.5, 0.6) is 0 Å². The summed E-state index contributed by atoms with van der Waals surface area (Å²) < 4.78 is 0. The van der Waals surface area contributed by atoms with Crippen LogP contribution in [0, 0.1) is 0 Å². The van der Waals surface area contributed by atoms with Crippen LogP contribution in [0.4, 0.5) is 5.69 Å². The molecule has 4 nitrogen and oxygen atoms in total. The number of nitrogens with one attached hydrogen (secondary N) is 2. The lowest BCUT2D eigenvalue weighted by molar-refractivity contribution is -0.121. The summed E-state index contributed by atoms with van der Waals surface area (Å²) in [6.45, 7) is 2.32. The van der Waals surface area contributed by atoms with Crippen molar-refractivity contribution in [2.24, 2.45) is 0 Å². The zero-order valence-corrected chi connectivity index (χ0v) is 11.2. The van der Waals surface area contributed by atoms with Crippen molar-refractivity contribution in [1.82, 2.24) is 5.32 Å². The molecule has 0 spiro atoms. The van der Waals surface area contributed by atoms with Gasteiger partial charge in [-0.2, -0.15) is 0 Å². The Kier molecular flexibility index (Phi) is 4.55. The molecule has 1 fully saturated rings. The van der Waals surface area contributed by atoms with Crippen molar-refractivity contribution in [1.29, 1.82) is 0 Å². The number of amides is 1. The molecule has 0 heterocycles. The summed E-state index contributed by atoms with van der Waals surface area (Å²) in [7, 11) is 0. The second kappa shape index (κ2) is 6.36. The topological polar surface area (TPSA) is 58.2 Å². The van der Waals surface area contributed by atoms with Crippen LogP contribution < -0.4 is 10.6 Å². The Labute approximate surface area is 113 Å². The first kappa shape index (κ1) is 13.6. The van der Waals surface area contributed by atoms with Crippen molar-refractivity contribution >= 4 is 17.4 Å². The van der Waals surface area contributed by atoms with E-state index in [9.17, 15) is 9.59 Å². The maximum absolute atomic E-state index is 11.4. The molecule has 1 aliphatic carbocycles. The highest BCUT2D eigenvalue weighted by Crippen LogP contribution is 2.18. The van der Waals surface area contributed by atoms with Crippen molar-refractivity contribution in [2.45, 2.75) is 38.6 Å². The predicted octanol–water partition coefficient (Wildman–Crippen LogP) is 2.36. The number of carbonyl (C=O) groups is 2. The lowest BCUT2D eigenvalue weighted by Crippen LogP contribution is -2.25. The van der Waals surface area contributed by atoms with Gasteiger partial charge in [-0.1, -0.05) is 0 Å². The normalized spacial score (nSPS) is 13.9. The van der Waals surface area contributed by atoms with Crippen molar-refractivity contribution in [3.63, 3.8) is 0 Å². The van der Waals surface area contributed by atoms with Crippen molar-refractivity contribution in [3.05, 3.63) is 29.8 Å². The van der Waals surface area contributed by atoms with E-state index in [-0.39, 0.29) is 11.7 Å². The summed E-state index contributed by atoms with van der Waals surface area (Å²) >= 11 is 0. The fraction of sp³-hybridized carbons (Fsp3) is 0.467. The molecule has 1 amide bonds. The largest absolute Gasteiger partial charge is 0.385 e. The molecule has 0 unspecified atom stereocenters. The van der Waals surface area contributed by atoms with Gasteiger partial charge in [0.15, 0.2) is 5.78 Å². The molecular weight excluding hydrogens is 240 g/mol. The van der Waals surface area contributed by atoms with E-state index in [0.717, 1.165) is 37.1 Å². The maximum atomic E-state index is 11.4. The number of hydrogen-bond acceptors (Lipinski definition) is 3. The van der Waals surface area contributed by atoms with E-state index in [1.165, 1.54) is 0 Å². The average Bonchev–Trinajstić information content (AvgIpc) is 3.19. The molecule has 2 N–H and O–H groups in total.